The van der Waals surface area contributed by atoms with Gasteiger partial charge >= 0.3 is 39.5 Å². The lowest BCUT2D eigenvalue weighted by atomic mass is 10.0. The van der Waals surface area contributed by atoms with Crippen LogP contribution in [-0.4, -0.2) is 96.7 Å². The minimum absolute atomic E-state index is 0.105. The van der Waals surface area contributed by atoms with Crippen LogP contribution in [0.4, 0.5) is 0 Å². The number of hydrogen-bond donors (Lipinski definition) is 3. The number of aliphatic hydroxyl groups excluding tert-OH is 1. The third-order valence-electron chi connectivity index (χ3n) is 19.3. The van der Waals surface area contributed by atoms with E-state index in [-0.39, 0.29) is 25.7 Å². The molecular formula is C83H162O17P2. The Balaban J connectivity index is 5.22. The second-order valence-corrected chi connectivity index (χ2v) is 34.7. The predicted molar refractivity (Wildman–Crippen MR) is 418 cm³/mol. The van der Waals surface area contributed by atoms with Gasteiger partial charge in [0.25, 0.3) is 0 Å². The summed E-state index contributed by atoms with van der Waals surface area (Å²) in [4.78, 5) is 73.1. The van der Waals surface area contributed by atoms with Crippen molar-refractivity contribution in [3.05, 3.63) is 0 Å². The van der Waals surface area contributed by atoms with Crippen molar-refractivity contribution in [1.82, 2.24) is 0 Å². The SMILES string of the molecule is CC(C)CCCCCCCCCCCCCCCCCCCCC(=O)OC[C@H](COP(=O)(O)OCC(O)COP(=O)(O)OC[C@@H](COC(=O)CCCCCCCCCCC(C)C)OC(=O)CCCCCCCCCCCC(C)C)OC(=O)CCCCCCCCCCCCCCCCCC(C)C. The highest BCUT2D eigenvalue weighted by molar-refractivity contribution is 7.47. The van der Waals surface area contributed by atoms with Crippen LogP contribution in [0.1, 0.15) is 428 Å². The summed E-state index contributed by atoms with van der Waals surface area (Å²) in [5.41, 5.74) is 0. The van der Waals surface area contributed by atoms with E-state index in [2.05, 4.69) is 55.4 Å². The van der Waals surface area contributed by atoms with Crippen molar-refractivity contribution in [1.29, 1.82) is 0 Å². The monoisotopic (exact) mass is 1490 g/mol. The molecule has 606 valence electrons. The molecule has 0 aliphatic carbocycles. The number of unbranched alkanes of at least 4 members (excludes halogenated alkanes) is 46. The zero-order valence-electron chi connectivity index (χ0n) is 67.2. The average Bonchev–Trinajstić information content (AvgIpc) is 1.64. The summed E-state index contributed by atoms with van der Waals surface area (Å²) in [5.74, 6) is 0.975. The Morgan fingerprint density at radius 2 is 0.412 bits per heavy atom. The van der Waals surface area contributed by atoms with Crippen LogP contribution in [0, 0.1) is 23.7 Å². The van der Waals surface area contributed by atoms with Crippen molar-refractivity contribution in [3.8, 4) is 0 Å². The fraction of sp³-hybridized carbons (Fsp3) is 0.952. The van der Waals surface area contributed by atoms with Gasteiger partial charge in [0.15, 0.2) is 12.2 Å². The minimum atomic E-state index is -4.96. The van der Waals surface area contributed by atoms with Gasteiger partial charge in [0.2, 0.25) is 0 Å². The van der Waals surface area contributed by atoms with Gasteiger partial charge in [-0.25, -0.2) is 9.13 Å². The lowest BCUT2D eigenvalue weighted by Gasteiger charge is -2.21. The number of esters is 4. The van der Waals surface area contributed by atoms with E-state index < -0.39 is 97.5 Å². The second kappa shape index (κ2) is 72.0. The Labute approximate surface area is 626 Å². The van der Waals surface area contributed by atoms with E-state index in [1.807, 2.05) is 0 Å². The third kappa shape index (κ3) is 76.3. The second-order valence-electron chi connectivity index (χ2n) is 31.8. The topological polar surface area (TPSA) is 237 Å². The van der Waals surface area contributed by atoms with E-state index in [4.69, 9.17) is 37.0 Å². The maximum Gasteiger partial charge on any atom is 0.472 e. The van der Waals surface area contributed by atoms with E-state index >= 15 is 0 Å². The Hall–Kier alpha value is -1.94. The average molecular weight is 1490 g/mol. The number of ether oxygens (including phenoxy) is 4. The minimum Gasteiger partial charge on any atom is -0.462 e. The van der Waals surface area contributed by atoms with Gasteiger partial charge in [-0.15, -0.1) is 0 Å². The number of aliphatic hydroxyl groups is 1. The molecular weight excluding hydrogens is 1330 g/mol. The van der Waals surface area contributed by atoms with E-state index in [0.717, 1.165) is 114 Å². The van der Waals surface area contributed by atoms with Gasteiger partial charge < -0.3 is 33.8 Å². The van der Waals surface area contributed by atoms with Crippen LogP contribution in [0.25, 0.3) is 0 Å². The fourth-order valence-corrected chi connectivity index (χ4v) is 14.4. The van der Waals surface area contributed by atoms with Crippen LogP contribution in [-0.2, 0) is 65.4 Å². The van der Waals surface area contributed by atoms with Gasteiger partial charge in [-0.2, -0.15) is 0 Å². The molecule has 0 aliphatic heterocycles. The standard InChI is InChI=1S/C83H162O17P2/c1-73(2)59-51-43-35-27-22-18-14-11-9-10-12-16-20-24-30-39-47-55-63-80(85)93-69-78(99-82(87)65-57-49-41-31-25-21-17-13-15-19-23-28-36-44-52-60-74(3)4)71-97-101(89,90)95-67-77(84)68-96-102(91,92)98-72-79(70-94-81(86)64-56-48-40-34-33-38-46-54-62-76(7)8)100-83(88)66-58-50-42-32-26-29-37-45-53-61-75(5)6/h73-79,84H,9-72H2,1-8H3,(H,89,90)(H,91,92)/t77?,78-,79-/m1/s1. The highest BCUT2D eigenvalue weighted by Crippen LogP contribution is 2.45. The molecule has 3 N–H and O–H groups in total. The first-order chi connectivity index (χ1) is 49.1. The van der Waals surface area contributed by atoms with Crippen LogP contribution < -0.4 is 0 Å². The van der Waals surface area contributed by atoms with Gasteiger partial charge in [-0.05, 0) is 49.4 Å². The molecule has 17 nitrogen and oxygen atoms in total. The Kier molecular flexibility index (Phi) is 70.6. The summed E-state index contributed by atoms with van der Waals surface area (Å²) in [5, 5.41) is 10.6. The highest BCUT2D eigenvalue weighted by atomic mass is 31.2. The summed E-state index contributed by atoms with van der Waals surface area (Å²) in [6.45, 7) is 14.3. The van der Waals surface area contributed by atoms with Gasteiger partial charge in [0.1, 0.15) is 19.3 Å². The zero-order valence-corrected chi connectivity index (χ0v) is 69.0. The lowest BCUT2D eigenvalue weighted by Crippen LogP contribution is -2.30. The Morgan fingerprint density at radius 1 is 0.245 bits per heavy atom. The number of phosphoric acid groups is 2. The first kappa shape index (κ1) is 100. The fourth-order valence-electron chi connectivity index (χ4n) is 12.8. The molecule has 0 aromatic rings. The summed E-state index contributed by atoms with van der Waals surface area (Å²) in [6.07, 6.45) is 59.8. The van der Waals surface area contributed by atoms with Crippen LogP contribution >= 0.6 is 15.6 Å². The number of carbonyl (C=O) groups is 4. The van der Waals surface area contributed by atoms with Crippen molar-refractivity contribution < 1.29 is 80.2 Å². The molecule has 0 spiro atoms. The van der Waals surface area contributed by atoms with E-state index in [1.54, 1.807) is 0 Å². The molecule has 0 amide bonds. The van der Waals surface area contributed by atoms with E-state index in [0.29, 0.717) is 25.7 Å². The van der Waals surface area contributed by atoms with Crippen molar-refractivity contribution >= 4 is 39.5 Å². The summed E-state index contributed by atoms with van der Waals surface area (Å²) >= 11 is 0. The summed E-state index contributed by atoms with van der Waals surface area (Å²) in [6, 6.07) is 0. The molecule has 0 radical (unpaired) electrons. The van der Waals surface area contributed by atoms with E-state index in [9.17, 15) is 43.2 Å². The van der Waals surface area contributed by atoms with Crippen molar-refractivity contribution in [2.24, 2.45) is 23.7 Å². The largest absolute Gasteiger partial charge is 0.472 e. The Bertz CT molecular complexity index is 1990. The normalized spacial score (nSPS) is 14.0. The number of rotatable bonds is 80. The molecule has 0 saturated heterocycles. The van der Waals surface area contributed by atoms with Crippen molar-refractivity contribution in [2.45, 2.75) is 446 Å². The van der Waals surface area contributed by atoms with Crippen molar-refractivity contribution in [2.75, 3.05) is 39.6 Å². The molecule has 0 aliphatic rings. The first-order valence-electron chi connectivity index (χ1n) is 42.7. The molecule has 0 saturated carbocycles. The first-order valence-corrected chi connectivity index (χ1v) is 45.7. The molecule has 19 heteroatoms. The van der Waals surface area contributed by atoms with Gasteiger partial charge in [0, 0.05) is 25.7 Å². The Morgan fingerprint density at radius 3 is 0.608 bits per heavy atom. The predicted octanol–water partition coefficient (Wildman–Crippen LogP) is 24.8. The zero-order chi connectivity index (χ0) is 75.3. The highest BCUT2D eigenvalue weighted by Gasteiger charge is 2.30. The van der Waals surface area contributed by atoms with Crippen LogP contribution in [0.2, 0.25) is 0 Å². The summed E-state index contributed by atoms with van der Waals surface area (Å²) in [7, 11) is -9.92. The maximum absolute atomic E-state index is 13.1. The van der Waals surface area contributed by atoms with E-state index in [1.165, 1.54) is 231 Å². The smallest absolute Gasteiger partial charge is 0.462 e. The molecule has 0 heterocycles. The third-order valence-corrected chi connectivity index (χ3v) is 21.2. The van der Waals surface area contributed by atoms with Crippen LogP contribution in [0.3, 0.4) is 0 Å². The van der Waals surface area contributed by atoms with Crippen molar-refractivity contribution in [3.63, 3.8) is 0 Å². The van der Waals surface area contributed by atoms with Gasteiger partial charge in [0.05, 0.1) is 26.4 Å². The number of hydrogen-bond acceptors (Lipinski definition) is 15. The molecule has 3 unspecified atom stereocenters. The quantitative estimate of drug-likeness (QED) is 0.0222. The lowest BCUT2D eigenvalue weighted by molar-refractivity contribution is -0.161. The molecule has 0 fully saturated rings. The summed E-state index contributed by atoms with van der Waals surface area (Å²) < 4.78 is 68.8. The molecule has 0 aromatic carbocycles. The van der Waals surface area contributed by atoms with Crippen LogP contribution in [0.5, 0.6) is 0 Å². The van der Waals surface area contributed by atoms with Gasteiger partial charge in [-0.3, -0.25) is 37.3 Å². The maximum atomic E-state index is 13.1. The molecule has 102 heavy (non-hydrogen) atoms. The number of carbonyl (C=O) groups excluding carboxylic acids is 4. The molecule has 5 atom stereocenters. The van der Waals surface area contributed by atoms with Crippen LogP contribution in [0.15, 0.2) is 0 Å². The number of phosphoric ester groups is 2. The molecule has 0 bridgehead atoms. The molecule has 0 rings (SSSR count). The van der Waals surface area contributed by atoms with Gasteiger partial charge in [-0.1, -0.05) is 376 Å². The molecule has 0 aromatic heterocycles.